The highest BCUT2D eigenvalue weighted by Crippen LogP contribution is 2.37. The van der Waals surface area contributed by atoms with Crippen LogP contribution in [-0.4, -0.2) is 36.6 Å². The van der Waals surface area contributed by atoms with Gasteiger partial charge in [0.25, 0.3) is 0 Å². The van der Waals surface area contributed by atoms with E-state index in [1.807, 2.05) is 0 Å². The maximum absolute atomic E-state index is 3.71. The van der Waals surface area contributed by atoms with E-state index in [-0.39, 0.29) is 0 Å². The Bertz CT molecular complexity index is 223. The summed E-state index contributed by atoms with van der Waals surface area (Å²) in [7, 11) is 0. The molecular weight excluding hydrogens is 184 g/mol. The number of piperidine rings is 1. The molecule has 0 aromatic carbocycles. The molecule has 2 heteroatoms. The molecule has 2 saturated heterocycles. The van der Waals surface area contributed by atoms with Crippen molar-refractivity contribution in [2.45, 2.75) is 52.6 Å². The summed E-state index contributed by atoms with van der Waals surface area (Å²) in [6, 6.07) is 1.53. The van der Waals surface area contributed by atoms with Crippen molar-refractivity contribution >= 4 is 0 Å². The lowest BCUT2D eigenvalue weighted by Gasteiger charge is -2.44. The highest BCUT2D eigenvalue weighted by atomic mass is 15.2. The molecule has 1 N–H and O–H groups in total. The standard InChI is InChI=1S/C13H26N2/c1-10(2)8-15-7-5-6-11-12(15)13(3,4)9-14-11/h10-12,14H,5-9H2,1-4H3. The van der Waals surface area contributed by atoms with Crippen molar-refractivity contribution in [1.82, 2.24) is 10.2 Å². The molecule has 2 fully saturated rings. The summed E-state index contributed by atoms with van der Waals surface area (Å²) in [6.45, 7) is 13.3. The van der Waals surface area contributed by atoms with Gasteiger partial charge < -0.3 is 5.32 Å². The summed E-state index contributed by atoms with van der Waals surface area (Å²) >= 11 is 0. The molecule has 0 spiro atoms. The van der Waals surface area contributed by atoms with E-state index in [1.54, 1.807) is 0 Å². The third kappa shape index (κ3) is 2.21. The summed E-state index contributed by atoms with van der Waals surface area (Å²) < 4.78 is 0. The van der Waals surface area contributed by atoms with Crippen LogP contribution in [0.5, 0.6) is 0 Å². The van der Waals surface area contributed by atoms with E-state index in [1.165, 1.54) is 32.5 Å². The summed E-state index contributed by atoms with van der Waals surface area (Å²) in [5.74, 6) is 0.792. The van der Waals surface area contributed by atoms with E-state index in [4.69, 9.17) is 0 Å². The van der Waals surface area contributed by atoms with Gasteiger partial charge in [-0.05, 0) is 30.7 Å². The Morgan fingerprint density at radius 3 is 2.80 bits per heavy atom. The number of hydrogen-bond acceptors (Lipinski definition) is 2. The highest BCUT2D eigenvalue weighted by molar-refractivity contribution is 5.04. The van der Waals surface area contributed by atoms with Crippen LogP contribution in [0.1, 0.15) is 40.5 Å². The van der Waals surface area contributed by atoms with Crippen LogP contribution in [0.25, 0.3) is 0 Å². The van der Waals surface area contributed by atoms with Crippen LogP contribution in [0.2, 0.25) is 0 Å². The summed E-state index contributed by atoms with van der Waals surface area (Å²) in [6.07, 6.45) is 2.75. The molecule has 0 bridgehead atoms. The van der Waals surface area contributed by atoms with E-state index in [0.717, 1.165) is 18.0 Å². The van der Waals surface area contributed by atoms with Crippen LogP contribution in [0, 0.1) is 11.3 Å². The van der Waals surface area contributed by atoms with Crippen molar-refractivity contribution < 1.29 is 0 Å². The van der Waals surface area contributed by atoms with Gasteiger partial charge in [-0.25, -0.2) is 0 Å². The predicted octanol–water partition coefficient (Wildman–Crippen LogP) is 2.10. The predicted molar refractivity (Wildman–Crippen MR) is 65.0 cm³/mol. The van der Waals surface area contributed by atoms with E-state index in [2.05, 4.69) is 37.9 Å². The third-order valence-corrected chi connectivity index (χ3v) is 3.96. The quantitative estimate of drug-likeness (QED) is 0.751. The third-order valence-electron chi connectivity index (χ3n) is 3.96. The molecule has 2 nitrogen and oxygen atoms in total. The first kappa shape index (κ1) is 11.4. The van der Waals surface area contributed by atoms with Crippen LogP contribution >= 0.6 is 0 Å². The van der Waals surface area contributed by atoms with Gasteiger partial charge in [-0.3, -0.25) is 4.90 Å². The molecule has 2 rings (SSSR count). The Hall–Kier alpha value is -0.0800. The second-order valence-corrected chi connectivity index (χ2v) is 6.45. The average Bonchev–Trinajstić information content (AvgIpc) is 2.43. The van der Waals surface area contributed by atoms with Gasteiger partial charge in [-0.2, -0.15) is 0 Å². The lowest BCUT2D eigenvalue weighted by atomic mass is 9.80. The SMILES string of the molecule is CC(C)CN1CCCC2NCC(C)(C)C21. The van der Waals surface area contributed by atoms with E-state index in [0.29, 0.717) is 5.41 Å². The van der Waals surface area contributed by atoms with E-state index in [9.17, 15) is 0 Å². The fourth-order valence-corrected chi connectivity index (χ4v) is 3.49. The van der Waals surface area contributed by atoms with Crippen LogP contribution < -0.4 is 5.32 Å². The molecule has 2 aliphatic heterocycles. The van der Waals surface area contributed by atoms with Crippen LogP contribution in [0.4, 0.5) is 0 Å². The van der Waals surface area contributed by atoms with Crippen LogP contribution in [0.15, 0.2) is 0 Å². The molecule has 0 radical (unpaired) electrons. The monoisotopic (exact) mass is 210 g/mol. The lowest BCUT2D eigenvalue weighted by molar-refractivity contribution is 0.0659. The van der Waals surface area contributed by atoms with Crippen molar-refractivity contribution in [3.05, 3.63) is 0 Å². The number of rotatable bonds is 2. The molecule has 2 aliphatic rings. The van der Waals surface area contributed by atoms with Crippen molar-refractivity contribution in [3.8, 4) is 0 Å². The van der Waals surface area contributed by atoms with Gasteiger partial charge >= 0.3 is 0 Å². The number of nitrogens with zero attached hydrogens (tertiary/aromatic N) is 1. The van der Waals surface area contributed by atoms with Crippen molar-refractivity contribution in [1.29, 1.82) is 0 Å². The van der Waals surface area contributed by atoms with Gasteiger partial charge in [0.15, 0.2) is 0 Å². The maximum Gasteiger partial charge on any atom is 0.0312 e. The van der Waals surface area contributed by atoms with Gasteiger partial charge in [-0.1, -0.05) is 27.7 Å². The number of hydrogen-bond donors (Lipinski definition) is 1. The maximum atomic E-state index is 3.71. The minimum absolute atomic E-state index is 0.458. The lowest BCUT2D eigenvalue weighted by Crippen LogP contribution is -2.53. The summed E-state index contributed by atoms with van der Waals surface area (Å²) in [4.78, 5) is 2.73. The zero-order valence-corrected chi connectivity index (χ0v) is 10.7. The average molecular weight is 210 g/mol. The van der Waals surface area contributed by atoms with Crippen LogP contribution in [0.3, 0.4) is 0 Å². The Labute approximate surface area is 94.4 Å². The smallest absolute Gasteiger partial charge is 0.0312 e. The first-order valence-electron chi connectivity index (χ1n) is 6.48. The molecule has 2 unspecified atom stereocenters. The van der Waals surface area contributed by atoms with E-state index >= 15 is 0 Å². The number of nitrogens with one attached hydrogen (secondary N) is 1. The molecule has 2 heterocycles. The summed E-state index contributed by atoms with van der Waals surface area (Å²) in [5.41, 5.74) is 0.458. The van der Waals surface area contributed by atoms with Crippen LogP contribution in [-0.2, 0) is 0 Å². The second-order valence-electron chi connectivity index (χ2n) is 6.45. The molecule has 0 aromatic rings. The number of likely N-dealkylation sites (tertiary alicyclic amines) is 1. The first-order chi connectivity index (χ1) is 7.00. The van der Waals surface area contributed by atoms with E-state index < -0.39 is 0 Å². The molecule has 0 amide bonds. The largest absolute Gasteiger partial charge is 0.312 e. The van der Waals surface area contributed by atoms with Crippen molar-refractivity contribution in [3.63, 3.8) is 0 Å². The zero-order chi connectivity index (χ0) is 11.1. The fourth-order valence-electron chi connectivity index (χ4n) is 3.49. The molecule has 88 valence electrons. The van der Waals surface area contributed by atoms with Gasteiger partial charge in [0.05, 0.1) is 0 Å². The van der Waals surface area contributed by atoms with Gasteiger partial charge in [0.1, 0.15) is 0 Å². The molecular formula is C13H26N2. The van der Waals surface area contributed by atoms with Crippen molar-refractivity contribution in [2.24, 2.45) is 11.3 Å². The Kier molecular flexibility index (Phi) is 3.09. The van der Waals surface area contributed by atoms with Gasteiger partial charge in [0, 0.05) is 25.2 Å². The zero-order valence-electron chi connectivity index (χ0n) is 10.7. The topological polar surface area (TPSA) is 15.3 Å². The first-order valence-corrected chi connectivity index (χ1v) is 6.48. The van der Waals surface area contributed by atoms with Crippen molar-refractivity contribution in [2.75, 3.05) is 19.6 Å². The minimum Gasteiger partial charge on any atom is -0.312 e. The molecule has 0 aromatic heterocycles. The highest BCUT2D eigenvalue weighted by Gasteiger charge is 2.46. The second kappa shape index (κ2) is 4.06. The Morgan fingerprint density at radius 2 is 2.13 bits per heavy atom. The Morgan fingerprint density at radius 1 is 1.40 bits per heavy atom. The molecule has 2 atom stereocenters. The molecule has 15 heavy (non-hydrogen) atoms. The fraction of sp³-hybridized carbons (Fsp3) is 1.00. The Balaban J connectivity index is 2.10. The molecule has 0 saturated carbocycles. The normalized spacial score (nSPS) is 35.8. The minimum atomic E-state index is 0.458. The summed E-state index contributed by atoms with van der Waals surface area (Å²) in [5, 5.41) is 3.71. The van der Waals surface area contributed by atoms with Gasteiger partial charge in [-0.15, -0.1) is 0 Å². The molecule has 0 aliphatic carbocycles. The number of fused-ring (bicyclic) bond motifs is 1. The van der Waals surface area contributed by atoms with Gasteiger partial charge in [0.2, 0.25) is 0 Å².